The lowest BCUT2D eigenvalue weighted by Crippen LogP contribution is -2.29. The Morgan fingerprint density at radius 3 is 2.33 bits per heavy atom. The van der Waals surface area contributed by atoms with Crippen LogP contribution in [0.3, 0.4) is 0 Å². The first-order valence-corrected chi connectivity index (χ1v) is 4.82. The lowest BCUT2D eigenvalue weighted by Gasteiger charge is -2.06. The second-order valence-electron chi connectivity index (χ2n) is 3.14. The molecule has 0 fully saturated rings. The third kappa shape index (κ3) is 4.33. The fourth-order valence-electron chi connectivity index (χ4n) is 1.13. The van der Waals surface area contributed by atoms with Crippen LogP contribution in [0.25, 0.3) is 0 Å². The van der Waals surface area contributed by atoms with Gasteiger partial charge in [-0.15, -0.1) is 0 Å². The molecule has 0 amide bonds. The molecule has 0 bridgehead atoms. The molecule has 15 heavy (non-hydrogen) atoms. The topological polar surface area (TPSA) is 58.9 Å². The molecule has 0 heterocycles. The summed E-state index contributed by atoms with van der Waals surface area (Å²) in [4.78, 5) is 0. The van der Waals surface area contributed by atoms with Gasteiger partial charge in [-0.25, -0.2) is 0 Å². The minimum atomic E-state index is -1.42. The SMILES string of the molecule is COCCCOc1ccc(B(O)O)cc1. The quantitative estimate of drug-likeness (QED) is 0.503. The van der Waals surface area contributed by atoms with Gasteiger partial charge in [0.1, 0.15) is 5.75 Å². The van der Waals surface area contributed by atoms with Crippen molar-refractivity contribution in [1.82, 2.24) is 0 Å². The van der Waals surface area contributed by atoms with E-state index >= 15 is 0 Å². The molecular formula is C10H15BO4. The Bertz CT molecular complexity index is 273. The van der Waals surface area contributed by atoms with E-state index in [1.807, 2.05) is 0 Å². The number of ether oxygens (including phenoxy) is 2. The maximum absolute atomic E-state index is 8.86. The monoisotopic (exact) mass is 210 g/mol. The Balaban J connectivity index is 2.36. The van der Waals surface area contributed by atoms with E-state index in [0.717, 1.165) is 12.2 Å². The zero-order valence-corrected chi connectivity index (χ0v) is 8.72. The van der Waals surface area contributed by atoms with Crippen molar-refractivity contribution in [3.05, 3.63) is 24.3 Å². The molecule has 0 aliphatic rings. The van der Waals surface area contributed by atoms with Crippen LogP contribution in [-0.4, -0.2) is 37.5 Å². The van der Waals surface area contributed by atoms with Crippen molar-refractivity contribution in [2.75, 3.05) is 20.3 Å². The summed E-state index contributed by atoms with van der Waals surface area (Å²) in [5.74, 6) is 0.718. The minimum Gasteiger partial charge on any atom is -0.494 e. The van der Waals surface area contributed by atoms with E-state index in [-0.39, 0.29) is 0 Å². The Morgan fingerprint density at radius 1 is 1.13 bits per heavy atom. The smallest absolute Gasteiger partial charge is 0.488 e. The van der Waals surface area contributed by atoms with Gasteiger partial charge in [-0.1, -0.05) is 12.1 Å². The van der Waals surface area contributed by atoms with Crippen LogP contribution in [-0.2, 0) is 4.74 Å². The molecule has 0 atom stereocenters. The van der Waals surface area contributed by atoms with Crippen LogP contribution in [0, 0.1) is 0 Å². The molecule has 0 saturated carbocycles. The summed E-state index contributed by atoms with van der Waals surface area (Å²) < 4.78 is 10.3. The number of methoxy groups -OCH3 is 1. The molecule has 0 aromatic heterocycles. The molecule has 2 N–H and O–H groups in total. The van der Waals surface area contributed by atoms with Crippen molar-refractivity contribution in [2.24, 2.45) is 0 Å². The Labute approximate surface area is 89.6 Å². The van der Waals surface area contributed by atoms with E-state index in [1.54, 1.807) is 31.4 Å². The molecule has 5 heteroatoms. The van der Waals surface area contributed by atoms with Crippen molar-refractivity contribution < 1.29 is 19.5 Å². The van der Waals surface area contributed by atoms with Crippen molar-refractivity contribution in [3.63, 3.8) is 0 Å². The fraction of sp³-hybridized carbons (Fsp3) is 0.400. The molecule has 0 radical (unpaired) electrons. The fourth-order valence-corrected chi connectivity index (χ4v) is 1.13. The van der Waals surface area contributed by atoms with Gasteiger partial charge in [-0.05, 0) is 17.6 Å². The Hall–Kier alpha value is -1.04. The van der Waals surface area contributed by atoms with Gasteiger partial charge in [0.25, 0.3) is 0 Å². The average molecular weight is 210 g/mol. The summed E-state index contributed by atoms with van der Waals surface area (Å²) in [6.45, 7) is 1.27. The maximum atomic E-state index is 8.86. The van der Waals surface area contributed by atoms with Crippen LogP contribution in [0.1, 0.15) is 6.42 Å². The highest BCUT2D eigenvalue weighted by atomic mass is 16.5. The highest BCUT2D eigenvalue weighted by molar-refractivity contribution is 6.58. The van der Waals surface area contributed by atoms with Gasteiger partial charge >= 0.3 is 7.12 Å². The van der Waals surface area contributed by atoms with E-state index in [2.05, 4.69) is 0 Å². The molecular weight excluding hydrogens is 195 g/mol. The zero-order chi connectivity index (χ0) is 11.1. The molecule has 0 aliphatic carbocycles. The zero-order valence-electron chi connectivity index (χ0n) is 8.72. The first-order valence-electron chi connectivity index (χ1n) is 4.82. The molecule has 0 unspecified atom stereocenters. The lowest BCUT2D eigenvalue weighted by atomic mass is 9.80. The van der Waals surface area contributed by atoms with Gasteiger partial charge in [0.05, 0.1) is 6.61 Å². The largest absolute Gasteiger partial charge is 0.494 e. The normalized spacial score (nSPS) is 10.1. The molecule has 82 valence electrons. The van der Waals surface area contributed by atoms with Crippen LogP contribution in [0.5, 0.6) is 5.75 Å². The summed E-state index contributed by atoms with van der Waals surface area (Å²) in [5.41, 5.74) is 0.458. The third-order valence-corrected chi connectivity index (χ3v) is 1.94. The van der Waals surface area contributed by atoms with Gasteiger partial charge in [0, 0.05) is 20.1 Å². The number of rotatable bonds is 6. The lowest BCUT2D eigenvalue weighted by molar-refractivity contribution is 0.172. The summed E-state index contributed by atoms with van der Waals surface area (Å²) in [7, 11) is 0.227. The van der Waals surface area contributed by atoms with Gasteiger partial charge in [-0.3, -0.25) is 0 Å². The van der Waals surface area contributed by atoms with E-state index in [1.165, 1.54) is 0 Å². The first-order chi connectivity index (χ1) is 7.24. The van der Waals surface area contributed by atoms with Gasteiger partial charge in [0.2, 0.25) is 0 Å². The molecule has 1 aromatic rings. The summed E-state index contributed by atoms with van der Waals surface area (Å²) >= 11 is 0. The van der Waals surface area contributed by atoms with Crippen LogP contribution < -0.4 is 10.2 Å². The van der Waals surface area contributed by atoms with Crippen molar-refractivity contribution >= 4 is 12.6 Å². The van der Waals surface area contributed by atoms with E-state index in [0.29, 0.717) is 18.7 Å². The predicted octanol–water partition coefficient (Wildman–Crippen LogP) is -0.218. The Morgan fingerprint density at radius 2 is 1.80 bits per heavy atom. The van der Waals surface area contributed by atoms with Crippen molar-refractivity contribution in [2.45, 2.75) is 6.42 Å². The average Bonchev–Trinajstić information content (AvgIpc) is 2.25. The van der Waals surface area contributed by atoms with E-state index in [4.69, 9.17) is 19.5 Å². The molecule has 1 rings (SSSR count). The van der Waals surface area contributed by atoms with Gasteiger partial charge in [-0.2, -0.15) is 0 Å². The highest BCUT2D eigenvalue weighted by Crippen LogP contribution is 2.07. The Kier molecular flexibility index (Phi) is 5.17. The van der Waals surface area contributed by atoms with E-state index < -0.39 is 7.12 Å². The van der Waals surface area contributed by atoms with Gasteiger partial charge < -0.3 is 19.5 Å². The highest BCUT2D eigenvalue weighted by Gasteiger charge is 2.09. The van der Waals surface area contributed by atoms with Crippen LogP contribution >= 0.6 is 0 Å². The second kappa shape index (κ2) is 6.45. The second-order valence-corrected chi connectivity index (χ2v) is 3.14. The summed E-state index contributed by atoms with van der Waals surface area (Å²) in [6, 6.07) is 6.66. The van der Waals surface area contributed by atoms with Crippen LogP contribution in [0.4, 0.5) is 0 Å². The minimum absolute atomic E-state index is 0.458. The molecule has 0 spiro atoms. The van der Waals surface area contributed by atoms with Crippen molar-refractivity contribution in [3.8, 4) is 5.75 Å². The number of hydrogen-bond acceptors (Lipinski definition) is 4. The molecule has 0 aliphatic heterocycles. The standard InChI is InChI=1S/C10H15BO4/c1-14-7-2-8-15-10-5-3-9(4-6-10)11(12)13/h3-6,12-13H,2,7-8H2,1H3. The maximum Gasteiger partial charge on any atom is 0.488 e. The number of hydrogen-bond donors (Lipinski definition) is 2. The molecule has 1 aromatic carbocycles. The summed E-state index contributed by atoms with van der Waals surface area (Å²) in [5, 5.41) is 17.7. The van der Waals surface area contributed by atoms with E-state index in [9.17, 15) is 0 Å². The third-order valence-electron chi connectivity index (χ3n) is 1.94. The van der Waals surface area contributed by atoms with Crippen LogP contribution in [0.15, 0.2) is 24.3 Å². The predicted molar refractivity (Wildman–Crippen MR) is 58.3 cm³/mol. The number of benzene rings is 1. The van der Waals surface area contributed by atoms with Gasteiger partial charge in [0.15, 0.2) is 0 Å². The molecule has 4 nitrogen and oxygen atoms in total. The van der Waals surface area contributed by atoms with Crippen LogP contribution in [0.2, 0.25) is 0 Å². The first kappa shape index (κ1) is 12.0. The summed E-state index contributed by atoms with van der Waals surface area (Å²) in [6.07, 6.45) is 0.834. The molecule has 0 saturated heterocycles. The van der Waals surface area contributed by atoms with Crippen molar-refractivity contribution in [1.29, 1.82) is 0 Å².